The molecule has 0 saturated carbocycles. The molecule has 0 spiro atoms. The molecule has 3 aromatic rings. The molecule has 1 atom stereocenters. The summed E-state index contributed by atoms with van der Waals surface area (Å²) in [6.45, 7) is 3.62. The van der Waals surface area contributed by atoms with Gasteiger partial charge in [-0.2, -0.15) is 0 Å². The van der Waals surface area contributed by atoms with Crippen molar-refractivity contribution >= 4 is 27.3 Å². The Morgan fingerprint density at radius 3 is 2.31 bits per heavy atom. The molecule has 7 nitrogen and oxygen atoms in total. The minimum atomic E-state index is -3.90. The number of fused-ring (bicyclic) bond motifs is 1. The highest BCUT2D eigenvalue weighted by atomic mass is 32.2. The summed E-state index contributed by atoms with van der Waals surface area (Å²) < 4.78 is 39.3. The number of ether oxygens (including phenoxy) is 2. The van der Waals surface area contributed by atoms with Crippen molar-refractivity contribution in [1.82, 2.24) is 0 Å². The number of carbonyl (C=O) groups excluding carboxylic acids is 1. The van der Waals surface area contributed by atoms with Crippen LogP contribution in [0.3, 0.4) is 0 Å². The van der Waals surface area contributed by atoms with Crippen molar-refractivity contribution in [2.75, 3.05) is 23.3 Å². The van der Waals surface area contributed by atoms with Gasteiger partial charge in [0.1, 0.15) is 11.5 Å². The molecule has 8 heteroatoms. The molecule has 32 heavy (non-hydrogen) atoms. The number of benzene rings is 3. The maximum Gasteiger partial charge on any atom is 0.267 e. The lowest BCUT2D eigenvalue weighted by Gasteiger charge is -2.35. The Morgan fingerprint density at radius 1 is 1.00 bits per heavy atom. The average molecular weight is 453 g/mol. The fourth-order valence-corrected chi connectivity index (χ4v) is 4.93. The normalized spacial score (nSPS) is 15.5. The number of carbonyl (C=O) groups is 1. The molecule has 0 saturated heterocycles. The quantitative estimate of drug-likeness (QED) is 0.635. The molecule has 4 rings (SSSR count). The van der Waals surface area contributed by atoms with E-state index < -0.39 is 22.0 Å². The minimum absolute atomic E-state index is 0.144. The highest BCUT2D eigenvalue weighted by molar-refractivity contribution is 7.92. The van der Waals surface area contributed by atoms with Crippen molar-refractivity contribution in [3.05, 3.63) is 77.9 Å². The van der Waals surface area contributed by atoms with Gasteiger partial charge in [0.05, 0.1) is 24.2 Å². The topological polar surface area (TPSA) is 84.9 Å². The van der Waals surface area contributed by atoms with Crippen LogP contribution >= 0.6 is 0 Å². The van der Waals surface area contributed by atoms with Crippen molar-refractivity contribution in [1.29, 1.82) is 0 Å². The van der Waals surface area contributed by atoms with Gasteiger partial charge in [-0.25, -0.2) is 8.42 Å². The first-order valence-electron chi connectivity index (χ1n) is 10.1. The average Bonchev–Trinajstić information content (AvgIpc) is 2.79. The van der Waals surface area contributed by atoms with Gasteiger partial charge in [0.2, 0.25) is 0 Å². The molecule has 0 aromatic heterocycles. The number of hydrogen-bond acceptors (Lipinski definition) is 5. The highest BCUT2D eigenvalue weighted by Gasteiger charge is 2.37. The SMILES string of the molecule is COc1ccc(NC(=O)[C@H]2CN(S(=O)(=O)c3ccc(C)cc3)c3cc(C)ccc3O2)cc1. The van der Waals surface area contributed by atoms with Gasteiger partial charge < -0.3 is 14.8 Å². The zero-order chi connectivity index (χ0) is 22.9. The van der Waals surface area contributed by atoms with Gasteiger partial charge in [0.15, 0.2) is 6.10 Å². The van der Waals surface area contributed by atoms with Gasteiger partial charge >= 0.3 is 0 Å². The zero-order valence-corrected chi connectivity index (χ0v) is 18.8. The van der Waals surface area contributed by atoms with Gasteiger partial charge in [-0.05, 0) is 67.9 Å². The number of rotatable bonds is 5. The van der Waals surface area contributed by atoms with Gasteiger partial charge in [-0.3, -0.25) is 9.10 Å². The van der Waals surface area contributed by atoms with Crippen LogP contribution in [0.25, 0.3) is 0 Å². The van der Waals surface area contributed by atoms with E-state index >= 15 is 0 Å². The van der Waals surface area contributed by atoms with E-state index in [9.17, 15) is 13.2 Å². The number of methoxy groups -OCH3 is 1. The fraction of sp³-hybridized carbons (Fsp3) is 0.208. The van der Waals surface area contributed by atoms with E-state index in [1.54, 1.807) is 67.8 Å². The number of anilines is 2. The molecule has 166 valence electrons. The Kier molecular flexibility index (Phi) is 5.80. The Morgan fingerprint density at radius 2 is 1.66 bits per heavy atom. The third-order valence-corrected chi connectivity index (χ3v) is 7.04. The summed E-state index contributed by atoms with van der Waals surface area (Å²) in [7, 11) is -2.34. The molecule has 0 radical (unpaired) electrons. The molecular formula is C24H24N2O5S. The summed E-state index contributed by atoms with van der Waals surface area (Å²) in [5.74, 6) is 0.564. The molecule has 0 aliphatic carbocycles. The summed E-state index contributed by atoms with van der Waals surface area (Å²) in [6, 6.07) is 18.8. The lowest BCUT2D eigenvalue weighted by molar-refractivity contribution is -0.122. The number of aryl methyl sites for hydroxylation is 2. The summed E-state index contributed by atoms with van der Waals surface area (Å²) in [5.41, 5.74) is 2.82. The van der Waals surface area contributed by atoms with Crippen LogP contribution in [0.2, 0.25) is 0 Å². The summed E-state index contributed by atoms with van der Waals surface area (Å²) in [4.78, 5) is 13.1. The van der Waals surface area contributed by atoms with Crippen LogP contribution in [0.5, 0.6) is 11.5 Å². The van der Waals surface area contributed by atoms with Crippen molar-refractivity contribution in [2.24, 2.45) is 0 Å². The van der Waals surface area contributed by atoms with Crippen LogP contribution in [0.4, 0.5) is 11.4 Å². The predicted molar refractivity (Wildman–Crippen MR) is 123 cm³/mol. The van der Waals surface area contributed by atoms with Gasteiger partial charge in [-0.15, -0.1) is 0 Å². The Bertz CT molecular complexity index is 1240. The van der Waals surface area contributed by atoms with Crippen LogP contribution < -0.4 is 19.1 Å². The lowest BCUT2D eigenvalue weighted by atomic mass is 10.1. The fourth-order valence-electron chi connectivity index (χ4n) is 3.46. The van der Waals surface area contributed by atoms with Gasteiger partial charge in [-0.1, -0.05) is 23.8 Å². The number of hydrogen-bond donors (Lipinski definition) is 1. The van der Waals surface area contributed by atoms with E-state index in [1.807, 2.05) is 19.9 Å². The number of nitrogens with one attached hydrogen (secondary N) is 1. The number of nitrogens with zero attached hydrogens (tertiary/aromatic N) is 1. The molecule has 3 aromatic carbocycles. The predicted octanol–water partition coefficient (Wildman–Crippen LogP) is 3.91. The maximum absolute atomic E-state index is 13.5. The molecule has 0 fully saturated rings. The second-order valence-electron chi connectivity index (χ2n) is 7.64. The summed E-state index contributed by atoms with van der Waals surface area (Å²) in [5, 5.41) is 2.78. The Hall–Kier alpha value is -3.52. The highest BCUT2D eigenvalue weighted by Crippen LogP contribution is 2.38. The maximum atomic E-state index is 13.5. The first kappa shape index (κ1) is 21.7. The van der Waals surface area contributed by atoms with Gasteiger partial charge in [0.25, 0.3) is 15.9 Å². The van der Waals surface area contributed by atoms with Crippen molar-refractivity contribution in [2.45, 2.75) is 24.8 Å². The number of amides is 1. The van der Waals surface area contributed by atoms with Crippen molar-refractivity contribution in [3.8, 4) is 11.5 Å². The summed E-state index contributed by atoms with van der Waals surface area (Å²) >= 11 is 0. The van der Waals surface area contributed by atoms with Crippen LogP contribution in [-0.4, -0.2) is 34.1 Å². The molecule has 1 aliphatic heterocycles. The Balaban J connectivity index is 1.66. The molecule has 0 unspecified atom stereocenters. The second kappa shape index (κ2) is 8.55. The molecule has 1 N–H and O–H groups in total. The Labute approximate surface area is 187 Å². The molecule has 1 heterocycles. The van der Waals surface area contributed by atoms with E-state index in [1.165, 1.54) is 4.31 Å². The molecule has 1 amide bonds. The van der Waals surface area contributed by atoms with E-state index in [2.05, 4.69) is 5.32 Å². The van der Waals surface area contributed by atoms with Gasteiger partial charge in [0, 0.05) is 5.69 Å². The first-order valence-corrected chi connectivity index (χ1v) is 11.5. The molecular weight excluding hydrogens is 428 g/mol. The number of sulfonamides is 1. The summed E-state index contributed by atoms with van der Waals surface area (Å²) in [6.07, 6.45) is -1.02. The van der Waals surface area contributed by atoms with E-state index in [0.29, 0.717) is 22.9 Å². The van der Waals surface area contributed by atoms with Crippen LogP contribution in [0, 0.1) is 13.8 Å². The van der Waals surface area contributed by atoms with Crippen LogP contribution in [0.1, 0.15) is 11.1 Å². The van der Waals surface area contributed by atoms with Crippen LogP contribution in [0.15, 0.2) is 71.6 Å². The standard InChI is InChI=1S/C24H24N2O5S/c1-16-4-11-20(12-5-16)32(28,29)26-15-23(31-22-13-6-17(2)14-21(22)26)24(27)25-18-7-9-19(30-3)10-8-18/h4-14,23H,15H2,1-3H3,(H,25,27)/t23-/m1/s1. The van der Waals surface area contributed by atoms with E-state index in [0.717, 1.165) is 11.1 Å². The van der Waals surface area contributed by atoms with E-state index in [-0.39, 0.29) is 11.4 Å². The van der Waals surface area contributed by atoms with Crippen LogP contribution in [-0.2, 0) is 14.8 Å². The third kappa shape index (κ3) is 4.27. The lowest BCUT2D eigenvalue weighted by Crippen LogP contribution is -2.48. The second-order valence-corrected chi connectivity index (χ2v) is 9.51. The van der Waals surface area contributed by atoms with E-state index in [4.69, 9.17) is 9.47 Å². The zero-order valence-electron chi connectivity index (χ0n) is 18.0. The first-order chi connectivity index (χ1) is 15.3. The van der Waals surface area contributed by atoms with Crippen molar-refractivity contribution < 1.29 is 22.7 Å². The third-order valence-electron chi connectivity index (χ3n) is 5.24. The van der Waals surface area contributed by atoms with Crippen molar-refractivity contribution in [3.63, 3.8) is 0 Å². The molecule has 1 aliphatic rings. The molecule has 0 bridgehead atoms. The largest absolute Gasteiger partial charge is 0.497 e. The minimum Gasteiger partial charge on any atom is -0.497 e. The smallest absolute Gasteiger partial charge is 0.267 e. The monoisotopic (exact) mass is 452 g/mol.